The zero-order valence-electron chi connectivity index (χ0n) is 17.3. The minimum absolute atomic E-state index is 0.0556. The van der Waals surface area contributed by atoms with E-state index >= 15 is 0 Å². The number of aromatic nitrogens is 4. The van der Waals surface area contributed by atoms with Gasteiger partial charge in [-0.15, -0.1) is 0 Å². The highest BCUT2D eigenvalue weighted by atomic mass is 19.3. The Labute approximate surface area is 187 Å². The van der Waals surface area contributed by atoms with Crippen LogP contribution in [0, 0.1) is 6.92 Å². The Balaban J connectivity index is 1.37. The molecule has 0 atom stereocenters. The lowest BCUT2D eigenvalue weighted by molar-refractivity contribution is -0.0498. The number of nitrogens with one attached hydrogen (secondary N) is 2. The molecule has 168 valence electrons. The van der Waals surface area contributed by atoms with Gasteiger partial charge in [0.1, 0.15) is 17.3 Å². The zero-order chi connectivity index (χ0) is 23.2. The van der Waals surface area contributed by atoms with Gasteiger partial charge >= 0.3 is 12.6 Å². The summed E-state index contributed by atoms with van der Waals surface area (Å²) in [7, 11) is 0. The fourth-order valence-corrected chi connectivity index (χ4v) is 2.87. The van der Waals surface area contributed by atoms with Crippen LogP contribution in [0.2, 0.25) is 0 Å². The number of aryl methyl sites for hydroxylation is 1. The number of ether oxygens (including phenoxy) is 2. The van der Waals surface area contributed by atoms with Crippen LogP contribution in [0.25, 0.3) is 5.82 Å². The topological polar surface area (TPSA) is 103 Å². The van der Waals surface area contributed by atoms with Crippen molar-refractivity contribution in [2.45, 2.75) is 13.5 Å². The Bertz CT molecular complexity index is 1230. The third-order valence-electron chi connectivity index (χ3n) is 4.19. The van der Waals surface area contributed by atoms with Crippen molar-refractivity contribution >= 4 is 17.4 Å². The zero-order valence-corrected chi connectivity index (χ0v) is 17.3. The molecule has 0 aliphatic carbocycles. The number of carbonyl (C=O) groups is 1. The molecular formula is C22H18F2N6O3. The van der Waals surface area contributed by atoms with Crippen LogP contribution >= 0.6 is 0 Å². The number of anilines is 2. The van der Waals surface area contributed by atoms with E-state index in [9.17, 15) is 13.6 Å². The Morgan fingerprint density at radius 2 is 1.76 bits per heavy atom. The lowest BCUT2D eigenvalue weighted by Crippen LogP contribution is -2.19. The Morgan fingerprint density at radius 1 is 0.970 bits per heavy atom. The second-order valence-electron chi connectivity index (χ2n) is 6.67. The van der Waals surface area contributed by atoms with Crippen molar-refractivity contribution in [1.82, 2.24) is 19.7 Å². The van der Waals surface area contributed by atoms with E-state index in [2.05, 4.69) is 30.4 Å². The van der Waals surface area contributed by atoms with Crippen LogP contribution in [-0.4, -0.2) is 32.4 Å². The van der Waals surface area contributed by atoms with Crippen LogP contribution < -0.4 is 20.1 Å². The van der Waals surface area contributed by atoms with Gasteiger partial charge in [0.25, 0.3) is 0 Å². The first-order valence-corrected chi connectivity index (χ1v) is 9.71. The first-order chi connectivity index (χ1) is 15.9. The number of rotatable bonds is 7. The first kappa shape index (κ1) is 21.7. The Morgan fingerprint density at radius 3 is 2.48 bits per heavy atom. The van der Waals surface area contributed by atoms with Crippen molar-refractivity contribution in [2.24, 2.45) is 0 Å². The fourth-order valence-electron chi connectivity index (χ4n) is 2.87. The van der Waals surface area contributed by atoms with Crippen molar-refractivity contribution in [3.05, 3.63) is 78.9 Å². The average molecular weight is 452 g/mol. The molecule has 0 fully saturated rings. The van der Waals surface area contributed by atoms with E-state index in [4.69, 9.17) is 4.74 Å². The van der Waals surface area contributed by atoms with E-state index in [1.807, 2.05) is 0 Å². The Hall–Kier alpha value is -4.54. The van der Waals surface area contributed by atoms with E-state index < -0.39 is 12.6 Å². The molecule has 0 aliphatic heterocycles. The molecule has 0 bridgehead atoms. The van der Waals surface area contributed by atoms with Gasteiger partial charge in [-0.2, -0.15) is 18.9 Å². The molecule has 0 unspecified atom stereocenters. The summed E-state index contributed by atoms with van der Waals surface area (Å²) in [5.41, 5.74) is 0.800. The molecular weight excluding hydrogens is 434 g/mol. The number of hydrogen-bond acceptors (Lipinski definition) is 6. The highest BCUT2D eigenvalue weighted by Crippen LogP contribution is 2.24. The lowest BCUT2D eigenvalue weighted by atomic mass is 10.3. The van der Waals surface area contributed by atoms with Gasteiger partial charge in [0.05, 0.1) is 0 Å². The number of halogens is 2. The van der Waals surface area contributed by atoms with Gasteiger partial charge in [-0.1, -0.05) is 6.07 Å². The molecule has 4 rings (SSSR count). The number of alkyl halides is 2. The molecule has 2 amide bonds. The van der Waals surface area contributed by atoms with Crippen molar-refractivity contribution in [3.63, 3.8) is 0 Å². The molecule has 0 spiro atoms. The lowest BCUT2D eigenvalue weighted by Gasteiger charge is -2.11. The third kappa shape index (κ3) is 6.00. The average Bonchev–Trinajstić information content (AvgIpc) is 3.29. The molecule has 2 N–H and O–H groups in total. The van der Waals surface area contributed by atoms with Gasteiger partial charge in [-0.25, -0.2) is 14.5 Å². The molecule has 4 aromatic rings. The summed E-state index contributed by atoms with van der Waals surface area (Å²) < 4.78 is 36.4. The third-order valence-corrected chi connectivity index (χ3v) is 4.19. The number of amides is 2. The largest absolute Gasteiger partial charge is 0.439 e. The summed E-state index contributed by atoms with van der Waals surface area (Å²) in [4.78, 5) is 20.8. The maximum Gasteiger partial charge on any atom is 0.387 e. The predicted molar refractivity (Wildman–Crippen MR) is 116 cm³/mol. The minimum Gasteiger partial charge on any atom is -0.439 e. The summed E-state index contributed by atoms with van der Waals surface area (Å²) in [6.45, 7) is -1.20. The summed E-state index contributed by atoms with van der Waals surface area (Å²) >= 11 is 0. The van der Waals surface area contributed by atoms with Crippen molar-refractivity contribution in [1.29, 1.82) is 0 Å². The normalized spacial score (nSPS) is 10.7. The molecule has 9 nitrogen and oxygen atoms in total. The minimum atomic E-state index is -2.95. The van der Waals surface area contributed by atoms with E-state index in [1.165, 1.54) is 18.2 Å². The molecule has 33 heavy (non-hydrogen) atoms. The van der Waals surface area contributed by atoms with E-state index in [0.717, 1.165) is 0 Å². The van der Waals surface area contributed by atoms with Crippen LogP contribution in [0.5, 0.6) is 17.4 Å². The summed E-state index contributed by atoms with van der Waals surface area (Å²) in [5.74, 6) is 1.89. The molecule has 0 aliphatic rings. The molecule has 11 heteroatoms. The monoisotopic (exact) mass is 452 g/mol. The maximum atomic E-state index is 12.3. The van der Waals surface area contributed by atoms with Crippen molar-refractivity contribution < 1.29 is 23.0 Å². The second-order valence-corrected chi connectivity index (χ2v) is 6.67. The van der Waals surface area contributed by atoms with E-state index in [1.54, 1.807) is 66.5 Å². The molecule has 2 heterocycles. The van der Waals surface area contributed by atoms with Gasteiger partial charge in [-0.05, 0) is 49.4 Å². The number of urea groups is 1. The summed E-state index contributed by atoms with van der Waals surface area (Å²) in [6.07, 6.45) is 3.41. The van der Waals surface area contributed by atoms with Crippen molar-refractivity contribution in [2.75, 3.05) is 10.6 Å². The molecule has 2 aromatic carbocycles. The number of benzene rings is 2. The van der Waals surface area contributed by atoms with Gasteiger partial charge < -0.3 is 20.1 Å². The van der Waals surface area contributed by atoms with Crippen LogP contribution in [0.15, 0.2) is 73.1 Å². The van der Waals surface area contributed by atoms with Crippen LogP contribution in [-0.2, 0) is 0 Å². The molecule has 2 aromatic heterocycles. The standard InChI is InChI=1S/C22H18F2N6O3/c1-14-26-19(30-11-3-10-25-30)13-20(27-14)32-17-8-6-15(7-9-17)28-22(31)29-16-4-2-5-18(12-16)33-21(23)24/h2-13,21H,1H3,(H2,28,29,31). The fraction of sp³-hybridized carbons (Fsp3) is 0.0909. The van der Waals surface area contributed by atoms with Crippen LogP contribution in [0.3, 0.4) is 0 Å². The smallest absolute Gasteiger partial charge is 0.387 e. The maximum absolute atomic E-state index is 12.3. The second kappa shape index (κ2) is 9.73. The number of hydrogen-bond donors (Lipinski definition) is 2. The van der Waals surface area contributed by atoms with Gasteiger partial charge in [0, 0.05) is 35.9 Å². The van der Waals surface area contributed by atoms with E-state index in [0.29, 0.717) is 34.6 Å². The quantitative estimate of drug-likeness (QED) is 0.409. The van der Waals surface area contributed by atoms with Gasteiger partial charge in [0.15, 0.2) is 5.82 Å². The molecule has 0 radical (unpaired) electrons. The number of carbonyl (C=O) groups excluding carboxylic acids is 1. The van der Waals surface area contributed by atoms with Crippen LogP contribution in [0.4, 0.5) is 25.0 Å². The summed E-state index contributed by atoms with van der Waals surface area (Å²) in [6, 6.07) is 15.2. The van der Waals surface area contributed by atoms with E-state index in [-0.39, 0.29) is 5.75 Å². The molecule has 0 saturated carbocycles. The van der Waals surface area contributed by atoms with Gasteiger partial charge in [-0.3, -0.25) is 0 Å². The van der Waals surface area contributed by atoms with Gasteiger partial charge in [0.2, 0.25) is 5.88 Å². The molecule has 0 saturated heterocycles. The highest BCUT2D eigenvalue weighted by molar-refractivity contribution is 5.99. The van der Waals surface area contributed by atoms with Crippen molar-refractivity contribution in [3.8, 4) is 23.2 Å². The predicted octanol–water partition coefficient (Wildman–Crippen LogP) is 5.01. The highest BCUT2D eigenvalue weighted by Gasteiger charge is 2.09. The summed E-state index contributed by atoms with van der Waals surface area (Å²) in [5, 5.41) is 9.35. The SMILES string of the molecule is Cc1nc(Oc2ccc(NC(=O)Nc3cccc(OC(F)F)c3)cc2)cc(-n2cccn2)n1. The number of nitrogens with zero attached hydrogens (tertiary/aromatic N) is 4. The Kier molecular flexibility index (Phi) is 6.39. The van der Waals surface area contributed by atoms with Crippen LogP contribution in [0.1, 0.15) is 5.82 Å². The first-order valence-electron chi connectivity index (χ1n) is 9.71.